The van der Waals surface area contributed by atoms with Gasteiger partial charge in [0.2, 0.25) is 0 Å². The van der Waals surface area contributed by atoms with Crippen molar-refractivity contribution in [3.05, 3.63) is 69.8 Å². The quantitative estimate of drug-likeness (QED) is 0.880. The smallest absolute Gasteiger partial charge is 0.0830 e. The number of hydrogen-bond acceptors (Lipinski definition) is 1. The van der Waals surface area contributed by atoms with Gasteiger partial charge >= 0.3 is 0 Å². The SMILES string of the molecule is Cc1ccc(CC(O)c2ccc3c(c2)CCCC3)cc1C. The topological polar surface area (TPSA) is 20.2 Å². The van der Waals surface area contributed by atoms with Crippen LogP contribution in [0.5, 0.6) is 0 Å². The number of aliphatic hydroxyl groups excluding tert-OH is 1. The molecule has 2 aromatic rings. The van der Waals surface area contributed by atoms with Crippen molar-refractivity contribution in [1.82, 2.24) is 0 Å². The summed E-state index contributed by atoms with van der Waals surface area (Å²) < 4.78 is 0. The van der Waals surface area contributed by atoms with Gasteiger partial charge in [-0.3, -0.25) is 0 Å². The summed E-state index contributed by atoms with van der Waals surface area (Å²) in [4.78, 5) is 0. The lowest BCUT2D eigenvalue weighted by Crippen LogP contribution is -2.07. The van der Waals surface area contributed by atoms with E-state index >= 15 is 0 Å². The molecular weight excluding hydrogens is 256 g/mol. The highest BCUT2D eigenvalue weighted by Crippen LogP contribution is 2.26. The Morgan fingerprint density at radius 2 is 1.67 bits per heavy atom. The molecule has 0 saturated carbocycles. The van der Waals surface area contributed by atoms with E-state index in [4.69, 9.17) is 0 Å². The molecule has 0 amide bonds. The summed E-state index contributed by atoms with van der Waals surface area (Å²) in [5.41, 5.74) is 7.80. The first-order valence-corrected chi connectivity index (χ1v) is 7.99. The number of aliphatic hydroxyl groups is 1. The Bertz CT molecular complexity index is 642. The van der Waals surface area contributed by atoms with E-state index in [2.05, 4.69) is 50.2 Å². The Hall–Kier alpha value is -1.60. The molecule has 1 heteroatoms. The van der Waals surface area contributed by atoms with Crippen molar-refractivity contribution in [2.45, 2.75) is 52.1 Å². The molecule has 3 rings (SSSR count). The van der Waals surface area contributed by atoms with Crippen molar-refractivity contribution in [1.29, 1.82) is 0 Å². The van der Waals surface area contributed by atoms with Crippen LogP contribution in [0.4, 0.5) is 0 Å². The minimum atomic E-state index is -0.403. The Kier molecular flexibility index (Phi) is 4.12. The Morgan fingerprint density at radius 1 is 0.905 bits per heavy atom. The molecule has 21 heavy (non-hydrogen) atoms. The molecular formula is C20H24O. The fourth-order valence-corrected chi connectivity index (χ4v) is 3.23. The second kappa shape index (κ2) is 6.03. The number of rotatable bonds is 3. The molecule has 0 spiro atoms. The zero-order chi connectivity index (χ0) is 14.8. The summed E-state index contributed by atoms with van der Waals surface area (Å²) in [6.45, 7) is 4.25. The summed E-state index contributed by atoms with van der Waals surface area (Å²) in [6.07, 6.45) is 5.24. The predicted octanol–water partition coefficient (Wildman–Crippen LogP) is 4.46. The lowest BCUT2D eigenvalue weighted by molar-refractivity contribution is 0.178. The Balaban J connectivity index is 1.78. The van der Waals surface area contributed by atoms with Crippen molar-refractivity contribution < 1.29 is 5.11 Å². The van der Waals surface area contributed by atoms with E-state index in [9.17, 15) is 5.11 Å². The molecule has 1 atom stereocenters. The summed E-state index contributed by atoms with van der Waals surface area (Å²) in [5.74, 6) is 0. The van der Waals surface area contributed by atoms with Crippen LogP contribution in [0.25, 0.3) is 0 Å². The number of hydrogen-bond donors (Lipinski definition) is 1. The maximum Gasteiger partial charge on any atom is 0.0830 e. The van der Waals surface area contributed by atoms with Crippen LogP contribution in [-0.2, 0) is 19.3 Å². The molecule has 2 aromatic carbocycles. The van der Waals surface area contributed by atoms with Gasteiger partial charge < -0.3 is 5.11 Å². The molecule has 1 aliphatic rings. The minimum absolute atomic E-state index is 0.403. The van der Waals surface area contributed by atoms with Gasteiger partial charge in [-0.15, -0.1) is 0 Å². The third kappa shape index (κ3) is 3.19. The maximum absolute atomic E-state index is 10.5. The molecule has 0 bridgehead atoms. The van der Waals surface area contributed by atoms with Gasteiger partial charge in [-0.1, -0.05) is 36.4 Å². The molecule has 0 aromatic heterocycles. The van der Waals surface area contributed by atoms with Gasteiger partial charge in [0.15, 0.2) is 0 Å². The molecule has 1 aliphatic carbocycles. The standard InChI is InChI=1S/C20H24O/c1-14-7-8-16(11-15(14)2)12-20(21)19-10-9-17-5-3-4-6-18(17)13-19/h7-11,13,20-21H,3-6,12H2,1-2H3. The van der Waals surface area contributed by atoms with Crippen LogP contribution in [0.2, 0.25) is 0 Å². The van der Waals surface area contributed by atoms with E-state index in [1.807, 2.05) is 0 Å². The number of aryl methyl sites for hydroxylation is 4. The van der Waals surface area contributed by atoms with Crippen LogP contribution < -0.4 is 0 Å². The zero-order valence-corrected chi connectivity index (χ0v) is 13.0. The summed E-state index contributed by atoms with van der Waals surface area (Å²) >= 11 is 0. The van der Waals surface area contributed by atoms with Crippen molar-refractivity contribution in [2.24, 2.45) is 0 Å². The van der Waals surface area contributed by atoms with Gasteiger partial charge in [0.05, 0.1) is 6.10 Å². The van der Waals surface area contributed by atoms with Gasteiger partial charge in [-0.25, -0.2) is 0 Å². The highest BCUT2D eigenvalue weighted by atomic mass is 16.3. The molecule has 0 heterocycles. The average molecular weight is 280 g/mol. The fraction of sp³-hybridized carbons (Fsp3) is 0.400. The maximum atomic E-state index is 10.5. The van der Waals surface area contributed by atoms with Crippen molar-refractivity contribution in [3.8, 4) is 0 Å². The van der Waals surface area contributed by atoms with Crippen LogP contribution in [0, 0.1) is 13.8 Å². The van der Waals surface area contributed by atoms with E-state index in [1.165, 1.54) is 53.5 Å². The zero-order valence-electron chi connectivity index (χ0n) is 13.0. The minimum Gasteiger partial charge on any atom is -0.388 e. The molecule has 0 aliphatic heterocycles. The van der Waals surface area contributed by atoms with Gasteiger partial charge in [0.25, 0.3) is 0 Å². The molecule has 1 N–H and O–H groups in total. The average Bonchev–Trinajstić information content (AvgIpc) is 2.50. The molecule has 0 fully saturated rings. The van der Waals surface area contributed by atoms with Gasteiger partial charge in [-0.2, -0.15) is 0 Å². The summed E-state index contributed by atoms with van der Waals surface area (Å²) in [5, 5.41) is 10.5. The molecule has 1 nitrogen and oxygen atoms in total. The predicted molar refractivity (Wildman–Crippen MR) is 87.7 cm³/mol. The van der Waals surface area contributed by atoms with E-state index in [0.717, 1.165) is 5.56 Å². The lowest BCUT2D eigenvalue weighted by atomic mass is 9.88. The van der Waals surface area contributed by atoms with Crippen molar-refractivity contribution >= 4 is 0 Å². The summed E-state index contributed by atoms with van der Waals surface area (Å²) in [6, 6.07) is 13.0. The molecule has 1 unspecified atom stereocenters. The van der Waals surface area contributed by atoms with Crippen LogP contribution in [0.1, 0.15) is 52.3 Å². The highest BCUT2D eigenvalue weighted by molar-refractivity contribution is 5.36. The monoisotopic (exact) mass is 280 g/mol. The van der Waals surface area contributed by atoms with E-state index in [1.54, 1.807) is 0 Å². The number of benzene rings is 2. The highest BCUT2D eigenvalue weighted by Gasteiger charge is 2.14. The Labute approximate surface area is 127 Å². The second-order valence-corrected chi connectivity index (χ2v) is 6.37. The van der Waals surface area contributed by atoms with Crippen molar-refractivity contribution in [2.75, 3.05) is 0 Å². The Morgan fingerprint density at radius 3 is 2.43 bits per heavy atom. The molecule has 0 radical (unpaired) electrons. The van der Waals surface area contributed by atoms with Gasteiger partial charge in [-0.05, 0) is 72.9 Å². The van der Waals surface area contributed by atoms with Gasteiger partial charge in [0, 0.05) is 6.42 Å². The number of fused-ring (bicyclic) bond motifs is 1. The van der Waals surface area contributed by atoms with Crippen LogP contribution >= 0.6 is 0 Å². The normalized spacial score (nSPS) is 15.6. The van der Waals surface area contributed by atoms with Crippen molar-refractivity contribution in [3.63, 3.8) is 0 Å². The molecule has 0 saturated heterocycles. The van der Waals surface area contributed by atoms with Crippen LogP contribution in [0.3, 0.4) is 0 Å². The first-order chi connectivity index (χ1) is 10.1. The second-order valence-electron chi connectivity index (χ2n) is 6.37. The summed E-state index contributed by atoms with van der Waals surface area (Å²) in [7, 11) is 0. The third-order valence-corrected chi connectivity index (χ3v) is 4.76. The third-order valence-electron chi connectivity index (χ3n) is 4.76. The van der Waals surface area contributed by atoms with Gasteiger partial charge in [0.1, 0.15) is 0 Å². The van der Waals surface area contributed by atoms with E-state index < -0.39 is 6.10 Å². The lowest BCUT2D eigenvalue weighted by Gasteiger charge is -2.19. The molecule has 110 valence electrons. The van der Waals surface area contributed by atoms with E-state index in [0.29, 0.717) is 6.42 Å². The van der Waals surface area contributed by atoms with E-state index in [-0.39, 0.29) is 0 Å². The van der Waals surface area contributed by atoms with Crippen LogP contribution in [0.15, 0.2) is 36.4 Å². The first kappa shape index (κ1) is 14.3. The van der Waals surface area contributed by atoms with Crippen LogP contribution in [-0.4, -0.2) is 5.11 Å². The largest absolute Gasteiger partial charge is 0.388 e. The fourth-order valence-electron chi connectivity index (χ4n) is 3.23. The first-order valence-electron chi connectivity index (χ1n) is 7.99.